The Balaban J connectivity index is 1.52. The van der Waals surface area contributed by atoms with Gasteiger partial charge in [-0.1, -0.05) is 6.92 Å². The van der Waals surface area contributed by atoms with Gasteiger partial charge in [-0.25, -0.2) is 0 Å². The zero-order chi connectivity index (χ0) is 17.6. The summed E-state index contributed by atoms with van der Waals surface area (Å²) in [4.78, 5) is 28.3. The summed E-state index contributed by atoms with van der Waals surface area (Å²) >= 11 is 0. The Kier molecular flexibility index (Phi) is 5.95. The molecule has 0 bridgehead atoms. The van der Waals surface area contributed by atoms with Gasteiger partial charge in [0.25, 0.3) is 5.91 Å². The molecule has 0 spiro atoms. The van der Waals surface area contributed by atoms with Gasteiger partial charge in [0.2, 0.25) is 5.91 Å². The normalized spacial score (nSPS) is 18.4. The van der Waals surface area contributed by atoms with Crippen LogP contribution < -0.4 is 4.74 Å². The first-order chi connectivity index (χ1) is 12.2. The third-order valence-electron chi connectivity index (χ3n) is 5.09. The van der Waals surface area contributed by atoms with E-state index >= 15 is 0 Å². The van der Waals surface area contributed by atoms with Crippen molar-refractivity contribution in [3.63, 3.8) is 0 Å². The summed E-state index contributed by atoms with van der Waals surface area (Å²) < 4.78 is 5.95. The SMILES string of the molecule is CCCC(=O)N1CCN(C(=O)c2ccc(OC3CCCC3)cc2)CC1. The van der Waals surface area contributed by atoms with Crippen LogP contribution in [0.15, 0.2) is 24.3 Å². The highest BCUT2D eigenvalue weighted by atomic mass is 16.5. The number of piperazine rings is 1. The van der Waals surface area contributed by atoms with Crippen molar-refractivity contribution in [2.75, 3.05) is 26.2 Å². The van der Waals surface area contributed by atoms with Crippen molar-refractivity contribution in [3.05, 3.63) is 29.8 Å². The average Bonchev–Trinajstić information content (AvgIpc) is 3.15. The summed E-state index contributed by atoms with van der Waals surface area (Å²) in [6.07, 6.45) is 6.53. The molecule has 0 N–H and O–H groups in total. The molecule has 1 aromatic carbocycles. The predicted molar refractivity (Wildman–Crippen MR) is 96.7 cm³/mol. The number of nitrogens with zero attached hydrogens (tertiary/aromatic N) is 2. The standard InChI is InChI=1S/C20H28N2O3/c1-2-5-19(23)21-12-14-22(15-13-21)20(24)16-8-10-18(11-9-16)25-17-6-3-4-7-17/h8-11,17H,2-7,12-15H2,1H3. The Morgan fingerprint density at radius 2 is 1.60 bits per heavy atom. The van der Waals surface area contributed by atoms with E-state index in [2.05, 4.69) is 0 Å². The second kappa shape index (κ2) is 8.37. The van der Waals surface area contributed by atoms with Gasteiger partial charge in [0.05, 0.1) is 6.10 Å². The Labute approximate surface area is 149 Å². The van der Waals surface area contributed by atoms with E-state index < -0.39 is 0 Å². The van der Waals surface area contributed by atoms with E-state index in [0.29, 0.717) is 44.3 Å². The molecule has 0 unspecified atom stereocenters. The lowest BCUT2D eigenvalue weighted by molar-refractivity contribution is -0.132. The molecule has 2 fully saturated rings. The molecular weight excluding hydrogens is 316 g/mol. The number of ether oxygens (including phenoxy) is 1. The number of hydrogen-bond donors (Lipinski definition) is 0. The van der Waals surface area contributed by atoms with E-state index in [1.807, 2.05) is 41.0 Å². The van der Waals surface area contributed by atoms with E-state index in [4.69, 9.17) is 4.74 Å². The van der Waals surface area contributed by atoms with Crippen LogP contribution in [0.4, 0.5) is 0 Å². The van der Waals surface area contributed by atoms with E-state index in [1.54, 1.807) is 0 Å². The molecule has 25 heavy (non-hydrogen) atoms. The summed E-state index contributed by atoms with van der Waals surface area (Å²) in [6, 6.07) is 7.49. The quantitative estimate of drug-likeness (QED) is 0.825. The summed E-state index contributed by atoms with van der Waals surface area (Å²) in [5.41, 5.74) is 0.687. The van der Waals surface area contributed by atoms with Crippen molar-refractivity contribution in [3.8, 4) is 5.75 Å². The largest absolute Gasteiger partial charge is 0.490 e. The van der Waals surface area contributed by atoms with Crippen molar-refractivity contribution >= 4 is 11.8 Å². The van der Waals surface area contributed by atoms with E-state index in [9.17, 15) is 9.59 Å². The van der Waals surface area contributed by atoms with Crippen LogP contribution in [-0.2, 0) is 4.79 Å². The summed E-state index contributed by atoms with van der Waals surface area (Å²) in [6.45, 7) is 4.49. The molecule has 1 heterocycles. The molecule has 1 aliphatic carbocycles. The third-order valence-corrected chi connectivity index (χ3v) is 5.09. The lowest BCUT2D eigenvalue weighted by Gasteiger charge is -2.34. The molecule has 136 valence electrons. The van der Waals surface area contributed by atoms with Crippen molar-refractivity contribution in [1.29, 1.82) is 0 Å². The molecular formula is C20H28N2O3. The molecule has 1 aliphatic heterocycles. The zero-order valence-electron chi connectivity index (χ0n) is 15.1. The lowest BCUT2D eigenvalue weighted by Crippen LogP contribution is -2.50. The van der Waals surface area contributed by atoms with Crippen LogP contribution in [0.2, 0.25) is 0 Å². The summed E-state index contributed by atoms with van der Waals surface area (Å²) in [5.74, 6) is 1.08. The fourth-order valence-corrected chi connectivity index (χ4v) is 3.59. The van der Waals surface area contributed by atoms with Crippen LogP contribution in [0, 0.1) is 0 Å². The van der Waals surface area contributed by atoms with Gasteiger partial charge in [-0.3, -0.25) is 9.59 Å². The van der Waals surface area contributed by atoms with Crippen LogP contribution in [0.3, 0.4) is 0 Å². The molecule has 3 rings (SSSR count). The Hall–Kier alpha value is -2.04. The van der Waals surface area contributed by atoms with E-state index in [-0.39, 0.29) is 11.8 Å². The zero-order valence-corrected chi connectivity index (χ0v) is 15.1. The minimum Gasteiger partial charge on any atom is -0.490 e. The maximum Gasteiger partial charge on any atom is 0.253 e. The molecule has 1 aromatic rings. The van der Waals surface area contributed by atoms with Crippen LogP contribution >= 0.6 is 0 Å². The van der Waals surface area contributed by atoms with Gasteiger partial charge in [-0.2, -0.15) is 0 Å². The number of amides is 2. The van der Waals surface area contributed by atoms with Gasteiger partial charge in [-0.15, -0.1) is 0 Å². The molecule has 1 saturated heterocycles. The second-order valence-electron chi connectivity index (χ2n) is 6.97. The monoisotopic (exact) mass is 344 g/mol. The maximum absolute atomic E-state index is 12.6. The molecule has 0 aromatic heterocycles. The second-order valence-corrected chi connectivity index (χ2v) is 6.97. The number of benzene rings is 1. The fourth-order valence-electron chi connectivity index (χ4n) is 3.59. The molecule has 1 saturated carbocycles. The van der Waals surface area contributed by atoms with E-state index in [0.717, 1.165) is 25.0 Å². The van der Waals surface area contributed by atoms with Gasteiger partial charge in [0, 0.05) is 38.2 Å². The Morgan fingerprint density at radius 3 is 2.20 bits per heavy atom. The van der Waals surface area contributed by atoms with Gasteiger partial charge < -0.3 is 14.5 Å². The van der Waals surface area contributed by atoms with Crippen molar-refractivity contribution < 1.29 is 14.3 Å². The van der Waals surface area contributed by atoms with Crippen molar-refractivity contribution in [2.45, 2.75) is 51.6 Å². The first-order valence-corrected chi connectivity index (χ1v) is 9.51. The molecule has 5 heteroatoms. The third kappa shape index (κ3) is 4.53. The average molecular weight is 344 g/mol. The van der Waals surface area contributed by atoms with E-state index in [1.165, 1.54) is 12.8 Å². The number of carbonyl (C=O) groups excluding carboxylic acids is 2. The maximum atomic E-state index is 12.6. The van der Waals surface area contributed by atoms with Gasteiger partial charge in [-0.05, 0) is 56.4 Å². The smallest absolute Gasteiger partial charge is 0.253 e. The predicted octanol–water partition coefficient (Wildman–Crippen LogP) is 3.09. The van der Waals surface area contributed by atoms with Crippen LogP contribution in [0.1, 0.15) is 55.8 Å². The molecule has 0 radical (unpaired) electrons. The fraction of sp³-hybridized carbons (Fsp3) is 0.600. The number of carbonyl (C=O) groups is 2. The Morgan fingerprint density at radius 1 is 1.00 bits per heavy atom. The molecule has 5 nitrogen and oxygen atoms in total. The van der Waals surface area contributed by atoms with Crippen molar-refractivity contribution in [2.24, 2.45) is 0 Å². The summed E-state index contributed by atoms with van der Waals surface area (Å²) in [7, 11) is 0. The summed E-state index contributed by atoms with van der Waals surface area (Å²) in [5, 5.41) is 0. The first-order valence-electron chi connectivity index (χ1n) is 9.51. The number of rotatable bonds is 5. The highest BCUT2D eigenvalue weighted by Crippen LogP contribution is 2.24. The van der Waals surface area contributed by atoms with Gasteiger partial charge in [0.1, 0.15) is 5.75 Å². The van der Waals surface area contributed by atoms with Crippen LogP contribution in [0.5, 0.6) is 5.75 Å². The van der Waals surface area contributed by atoms with Gasteiger partial charge in [0.15, 0.2) is 0 Å². The number of hydrogen-bond acceptors (Lipinski definition) is 3. The highest BCUT2D eigenvalue weighted by molar-refractivity contribution is 5.94. The minimum atomic E-state index is 0.0370. The lowest BCUT2D eigenvalue weighted by atomic mass is 10.1. The highest BCUT2D eigenvalue weighted by Gasteiger charge is 2.24. The topological polar surface area (TPSA) is 49.9 Å². The minimum absolute atomic E-state index is 0.0370. The first kappa shape index (κ1) is 17.8. The Bertz CT molecular complexity index is 585. The molecule has 2 amide bonds. The molecule has 0 atom stereocenters. The van der Waals surface area contributed by atoms with Crippen LogP contribution in [0.25, 0.3) is 0 Å². The van der Waals surface area contributed by atoms with Crippen LogP contribution in [-0.4, -0.2) is 53.9 Å². The van der Waals surface area contributed by atoms with Gasteiger partial charge >= 0.3 is 0 Å². The van der Waals surface area contributed by atoms with Crippen molar-refractivity contribution in [1.82, 2.24) is 9.80 Å². The molecule has 2 aliphatic rings.